The SMILES string of the molecule is C=CCn1cnc(C=NO)c1. The Morgan fingerprint density at radius 3 is 3.27 bits per heavy atom. The van der Waals surface area contributed by atoms with Gasteiger partial charge in [-0.1, -0.05) is 11.2 Å². The summed E-state index contributed by atoms with van der Waals surface area (Å²) in [6.07, 6.45) is 6.46. The van der Waals surface area contributed by atoms with Crippen LogP contribution >= 0.6 is 0 Å². The van der Waals surface area contributed by atoms with Gasteiger partial charge < -0.3 is 9.77 Å². The quantitative estimate of drug-likeness (QED) is 0.301. The summed E-state index contributed by atoms with van der Waals surface area (Å²) in [6, 6.07) is 0. The Morgan fingerprint density at radius 1 is 1.82 bits per heavy atom. The minimum absolute atomic E-state index is 0.634. The minimum atomic E-state index is 0.634. The van der Waals surface area contributed by atoms with Crippen molar-refractivity contribution >= 4 is 6.21 Å². The molecule has 1 aromatic rings. The Morgan fingerprint density at radius 2 is 2.64 bits per heavy atom. The fourth-order valence-corrected chi connectivity index (χ4v) is 0.752. The lowest BCUT2D eigenvalue weighted by Crippen LogP contribution is -1.88. The third-order valence-corrected chi connectivity index (χ3v) is 1.18. The van der Waals surface area contributed by atoms with E-state index in [9.17, 15) is 0 Å². The van der Waals surface area contributed by atoms with Crippen molar-refractivity contribution in [2.45, 2.75) is 6.54 Å². The van der Waals surface area contributed by atoms with Gasteiger partial charge >= 0.3 is 0 Å². The molecule has 1 N–H and O–H groups in total. The van der Waals surface area contributed by atoms with Crippen LogP contribution in [0.25, 0.3) is 0 Å². The van der Waals surface area contributed by atoms with Crippen molar-refractivity contribution in [3.05, 3.63) is 30.9 Å². The van der Waals surface area contributed by atoms with Crippen LogP contribution in [-0.2, 0) is 6.54 Å². The first kappa shape index (κ1) is 7.53. The molecule has 11 heavy (non-hydrogen) atoms. The van der Waals surface area contributed by atoms with E-state index in [4.69, 9.17) is 5.21 Å². The van der Waals surface area contributed by atoms with Gasteiger partial charge in [0.1, 0.15) is 5.69 Å². The van der Waals surface area contributed by atoms with E-state index < -0.39 is 0 Å². The maximum absolute atomic E-state index is 8.16. The zero-order valence-electron chi connectivity index (χ0n) is 6.01. The zero-order valence-corrected chi connectivity index (χ0v) is 6.01. The summed E-state index contributed by atoms with van der Waals surface area (Å²) < 4.78 is 1.84. The van der Waals surface area contributed by atoms with Crippen LogP contribution in [0.2, 0.25) is 0 Å². The van der Waals surface area contributed by atoms with E-state index in [0.717, 1.165) is 0 Å². The fraction of sp³-hybridized carbons (Fsp3) is 0.143. The van der Waals surface area contributed by atoms with Gasteiger partial charge in [-0.2, -0.15) is 0 Å². The summed E-state index contributed by atoms with van der Waals surface area (Å²) in [7, 11) is 0. The predicted molar refractivity (Wildman–Crippen MR) is 41.8 cm³/mol. The van der Waals surface area contributed by atoms with E-state index in [1.165, 1.54) is 6.21 Å². The van der Waals surface area contributed by atoms with Gasteiger partial charge in [0.15, 0.2) is 0 Å². The lowest BCUT2D eigenvalue weighted by molar-refractivity contribution is 0.321. The highest BCUT2D eigenvalue weighted by atomic mass is 16.4. The second-order valence-corrected chi connectivity index (χ2v) is 2.03. The molecule has 4 nitrogen and oxygen atoms in total. The van der Waals surface area contributed by atoms with Crippen LogP contribution in [0.4, 0.5) is 0 Å². The summed E-state index contributed by atoms with van der Waals surface area (Å²) in [5.74, 6) is 0. The molecule has 58 valence electrons. The topological polar surface area (TPSA) is 50.4 Å². The van der Waals surface area contributed by atoms with E-state index in [2.05, 4.69) is 16.7 Å². The van der Waals surface area contributed by atoms with Crippen LogP contribution in [0.5, 0.6) is 0 Å². The highest BCUT2D eigenvalue weighted by molar-refractivity contribution is 5.75. The summed E-state index contributed by atoms with van der Waals surface area (Å²) >= 11 is 0. The van der Waals surface area contributed by atoms with Crippen LogP contribution in [-0.4, -0.2) is 21.0 Å². The molecular formula is C7H9N3O. The molecule has 0 saturated carbocycles. The summed E-state index contributed by atoms with van der Waals surface area (Å²) in [6.45, 7) is 4.29. The average Bonchev–Trinajstić information content (AvgIpc) is 2.38. The monoisotopic (exact) mass is 151 g/mol. The second-order valence-electron chi connectivity index (χ2n) is 2.03. The smallest absolute Gasteiger partial charge is 0.103 e. The summed E-state index contributed by atoms with van der Waals surface area (Å²) in [5, 5.41) is 11.0. The lowest BCUT2D eigenvalue weighted by atomic mass is 10.5. The normalized spacial score (nSPS) is 10.5. The molecule has 0 unspecified atom stereocenters. The number of oxime groups is 1. The van der Waals surface area contributed by atoms with Crippen molar-refractivity contribution in [1.29, 1.82) is 0 Å². The molecule has 0 spiro atoms. The molecule has 0 aromatic carbocycles. The highest BCUT2D eigenvalue weighted by Gasteiger charge is 1.92. The third-order valence-electron chi connectivity index (χ3n) is 1.18. The molecule has 1 heterocycles. The first-order valence-electron chi connectivity index (χ1n) is 3.17. The van der Waals surface area contributed by atoms with Crippen molar-refractivity contribution in [1.82, 2.24) is 9.55 Å². The molecule has 0 bridgehead atoms. The number of hydrogen-bond acceptors (Lipinski definition) is 3. The molecule has 0 aliphatic rings. The zero-order chi connectivity index (χ0) is 8.10. The van der Waals surface area contributed by atoms with Crippen LogP contribution in [0.1, 0.15) is 5.69 Å². The van der Waals surface area contributed by atoms with Gasteiger partial charge in [0.05, 0.1) is 12.5 Å². The molecule has 1 aromatic heterocycles. The Hall–Kier alpha value is -1.58. The minimum Gasteiger partial charge on any atom is -0.411 e. The third kappa shape index (κ3) is 1.93. The maximum atomic E-state index is 8.16. The van der Waals surface area contributed by atoms with Gasteiger partial charge in [0.2, 0.25) is 0 Å². The predicted octanol–water partition coefficient (Wildman–Crippen LogP) is 0.877. The molecule has 0 amide bonds. The van der Waals surface area contributed by atoms with Crippen molar-refractivity contribution < 1.29 is 5.21 Å². The number of imidazole rings is 1. The van der Waals surface area contributed by atoms with Crippen molar-refractivity contribution in [3.8, 4) is 0 Å². The van der Waals surface area contributed by atoms with Crippen LogP contribution in [0.15, 0.2) is 30.3 Å². The van der Waals surface area contributed by atoms with Gasteiger partial charge in [0.25, 0.3) is 0 Å². The van der Waals surface area contributed by atoms with Crippen molar-refractivity contribution in [2.24, 2.45) is 5.16 Å². The molecule has 0 radical (unpaired) electrons. The Labute approximate surface area is 64.5 Å². The van der Waals surface area contributed by atoms with Crippen molar-refractivity contribution in [3.63, 3.8) is 0 Å². The average molecular weight is 151 g/mol. The van der Waals surface area contributed by atoms with Gasteiger partial charge in [-0.25, -0.2) is 4.98 Å². The van der Waals surface area contributed by atoms with Gasteiger partial charge in [0, 0.05) is 12.7 Å². The van der Waals surface area contributed by atoms with Crippen LogP contribution in [0.3, 0.4) is 0 Å². The largest absolute Gasteiger partial charge is 0.411 e. The molecule has 0 aliphatic heterocycles. The fourth-order valence-electron chi connectivity index (χ4n) is 0.752. The first-order valence-corrected chi connectivity index (χ1v) is 3.17. The van der Waals surface area contributed by atoms with Gasteiger partial charge in [-0.05, 0) is 0 Å². The van der Waals surface area contributed by atoms with E-state index in [1.54, 1.807) is 18.6 Å². The molecule has 0 saturated heterocycles. The van der Waals surface area contributed by atoms with E-state index in [-0.39, 0.29) is 0 Å². The molecule has 1 rings (SSSR count). The standard InChI is InChI=1S/C7H9N3O/c1-2-3-10-5-7(4-9-11)8-6-10/h2,4-6,11H,1,3H2. The number of aromatic nitrogens is 2. The molecule has 0 fully saturated rings. The summed E-state index contributed by atoms with van der Waals surface area (Å²) in [5.41, 5.74) is 0.634. The van der Waals surface area contributed by atoms with Crippen LogP contribution < -0.4 is 0 Å². The molecular weight excluding hydrogens is 142 g/mol. The van der Waals surface area contributed by atoms with E-state index in [1.807, 2.05) is 4.57 Å². The molecule has 0 aliphatic carbocycles. The number of nitrogens with zero attached hydrogens (tertiary/aromatic N) is 3. The Balaban J connectivity index is 2.72. The highest BCUT2D eigenvalue weighted by Crippen LogP contribution is 1.92. The molecule has 4 heteroatoms. The number of hydrogen-bond donors (Lipinski definition) is 1. The Bertz CT molecular complexity index is 264. The number of rotatable bonds is 3. The molecule has 0 atom stereocenters. The second kappa shape index (κ2) is 3.55. The summed E-state index contributed by atoms with van der Waals surface area (Å²) in [4.78, 5) is 3.93. The van der Waals surface area contributed by atoms with Gasteiger partial charge in [-0.15, -0.1) is 6.58 Å². The van der Waals surface area contributed by atoms with Gasteiger partial charge in [-0.3, -0.25) is 0 Å². The maximum Gasteiger partial charge on any atom is 0.103 e. The first-order chi connectivity index (χ1) is 5.36. The Kier molecular flexibility index (Phi) is 2.43. The van der Waals surface area contributed by atoms with E-state index >= 15 is 0 Å². The number of allylic oxidation sites excluding steroid dienone is 1. The van der Waals surface area contributed by atoms with Crippen LogP contribution in [0, 0.1) is 0 Å². The lowest BCUT2D eigenvalue weighted by Gasteiger charge is -1.90. The van der Waals surface area contributed by atoms with E-state index in [0.29, 0.717) is 12.2 Å². The van der Waals surface area contributed by atoms with Crippen molar-refractivity contribution in [2.75, 3.05) is 0 Å².